The van der Waals surface area contributed by atoms with E-state index in [2.05, 4.69) is 0 Å². The van der Waals surface area contributed by atoms with Crippen LogP contribution in [0.5, 0.6) is 0 Å². The molecule has 1 fully saturated rings. The standard InChI is InChI=1S/C10H16O3/c1-6-8(7(2)11)4-5-10(6,3)9(12)13/h6,8H,4-5H2,1-3H3,(H,12,13)/t6-,8+,10-/m1/s1. The molecular weight excluding hydrogens is 168 g/mol. The fourth-order valence-corrected chi connectivity index (χ4v) is 2.23. The molecule has 1 aliphatic carbocycles. The second-order valence-electron chi connectivity index (χ2n) is 4.27. The Hall–Kier alpha value is -0.860. The van der Waals surface area contributed by atoms with E-state index in [4.69, 9.17) is 5.11 Å². The van der Waals surface area contributed by atoms with Gasteiger partial charge in [0.05, 0.1) is 5.41 Å². The Kier molecular flexibility index (Phi) is 2.46. The molecule has 3 heteroatoms. The third-order valence-electron chi connectivity index (χ3n) is 3.59. The van der Waals surface area contributed by atoms with Gasteiger partial charge >= 0.3 is 5.97 Å². The monoisotopic (exact) mass is 184 g/mol. The van der Waals surface area contributed by atoms with E-state index in [0.717, 1.165) is 6.42 Å². The maximum Gasteiger partial charge on any atom is 0.309 e. The van der Waals surface area contributed by atoms with E-state index < -0.39 is 11.4 Å². The van der Waals surface area contributed by atoms with Crippen molar-refractivity contribution in [1.82, 2.24) is 0 Å². The van der Waals surface area contributed by atoms with Gasteiger partial charge in [-0.05, 0) is 32.6 Å². The van der Waals surface area contributed by atoms with Crippen molar-refractivity contribution in [2.75, 3.05) is 0 Å². The van der Waals surface area contributed by atoms with Crippen LogP contribution in [0.4, 0.5) is 0 Å². The van der Waals surface area contributed by atoms with Gasteiger partial charge in [-0.2, -0.15) is 0 Å². The van der Waals surface area contributed by atoms with Crippen LogP contribution in [0.2, 0.25) is 0 Å². The molecule has 0 spiro atoms. The lowest BCUT2D eigenvalue weighted by molar-refractivity contribution is -0.150. The second kappa shape index (κ2) is 3.13. The van der Waals surface area contributed by atoms with Gasteiger partial charge in [0, 0.05) is 5.92 Å². The SMILES string of the molecule is CC(=O)[C@H]1CC[C@@](C)(C(=O)O)[C@@H]1C. The Morgan fingerprint density at radius 1 is 1.46 bits per heavy atom. The van der Waals surface area contributed by atoms with Gasteiger partial charge in [-0.15, -0.1) is 0 Å². The van der Waals surface area contributed by atoms with Gasteiger partial charge in [0.1, 0.15) is 5.78 Å². The van der Waals surface area contributed by atoms with E-state index >= 15 is 0 Å². The summed E-state index contributed by atoms with van der Waals surface area (Å²) >= 11 is 0. The average molecular weight is 184 g/mol. The number of Topliss-reactive ketones (excluding diaryl/α,β-unsaturated/α-hetero) is 1. The minimum Gasteiger partial charge on any atom is -0.481 e. The zero-order valence-corrected chi connectivity index (χ0v) is 8.33. The van der Waals surface area contributed by atoms with E-state index in [1.165, 1.54) is 0 Å². The number of carbonyl (C=O) groups is 2. The highest BCUT2D eigenvalue weighted by Crippen LogP contribution is 2.46. The molecule has 0 aliphatic heterocycles. The van der Waals surface area contributed by atoms with Gasteiger partial charge in [0.15, 0.2) is 0 Å². The van der Waals surface area contributed by atoms with Crippen LogP contribution in [0.1, 0.15) is 33.6 Å². The Balaban J connectivity index is 2.87. The summed E-state index contributed by atoms with van der Waals surface area (Å²) in [6, 6.07) is 0. The number of hydrogen-bond donors (Lipinski definition) is 1. The molecule has 3 nitrogen and oxygen atoms in total. The second-order valence-corrected chi connectivity index (χ2v) is 4.27. The first kappa shape index (κ1) is 10.2. The summed E-state index contributed by atoms with van der Waals surface area (Å²) in [6.45, 7) is 5.16. The van der Waals surface area contributed by atoms with E-state index in [-0.39, 0.29) is 17.6 Å². The van der Waals surface area contributed by atoms with Crippen molar-refractivity contribution in [1.29, 1.82) is 0 Å². The first-order chi connectivity index (χ1) is 5.89. The lowest BCUT2D eigenvalue weighted by Gasteiger charge is -2.25. The van der Waals surface area contributed by atoms with Gasteiger partial charge in [-0.1, -0.05) is 6.92 Å². The molecule has 0 amide bonds. The number of aliphatic carboxylic acids is 1. The fourth-order valence-electron chi connectivity index (χ4n) is 2.23. The highest BCUT2D eigenvalue weighted by molar-refractivity contribution is 5.82. The molecule has 0 heterocycles. The van der Waals surface area contributed by atoms with Crippen LogP contribution in [0.15, 0.2) is 0 Å². The number of hydrogen-bond acceptors (Lipinski definition) is 2. The lowest BCUT2D eigenvalue weighted by atomic mass is 9.77. The molecule has 0 bridgehead atoms. The predicted octanol–water partition coefficient (Wildman–Crippen LogP) is 1.71. The van der Waals surface area contributed by atoms with E-state index in [9.17, 15) is 9.59 Å². The van der Waals surface area contributed by atoms with E-state index in [0.29, 0.717) is 6.42 Å². The zero-order chi connectivity index (χ0) is 10.2. The van der Waals surface area contributed by atoms with Gasteiger partial charge in [0.25, 0.3) is 0 Å². The lowest BCUT2D eigenvalue weighted by Crippen LogP contribution is -2.33. The maximum atomic E-state index is 11.2. The third kappa shape index (κ3) is 1.47. The van der Waals surface area contributed by atoms with Crippen molar-refractivity contribution >= 4 is 11.8 Å². The van der Waals surface area contributed by atoms with Crippen molar-refractivity contribution in [2.24, 2.45) is 17.3 Å². The van der Waals surface area contributed by atoms with Crippen LogP contribution in [0, 0.1) is 17.3 Å². The summed E-state index contributed by atoms with van der Waals surface area (Å²) < 4.78 is 0. The van der Waals surface area contributed by atoms with Crippen molar-refractivity contribution in [3.05, 3.63) is 0 Å². The molecule has 1 aliphatic rings. The Morgan fingerprint density at radius 2 is 2.00 bits per heavy atom. The highest BCUT2D eigenvalue weighted by Gasteiger charge is 2.49. The number of ketones is 1. The smallest absolute Gasteiger partial charge is 0.309 e. The van der Waals surface area contributed by atoms with Crippen molar-refractivity contribution in [3.63, 3.8) is 0 Å². The third-order valence-corrected chi connectivity index (χ3v) is 3.59. The molecule has 1 N–H and O–H groups in total. The molecule has 1 saturated carbocycles. The summed E-state index contributed by atoms with van der Waals surface area (Å²) in [4.78, 5) is 22.2. The minimum absolute atomic E-state index is 0.0394. The van der Waals surface area contributed by atoms with E-state index in [1.807, 2.05) is 6.92 Å². The number of carbonyl (C=O) groups excluding carboxylic acids is 1. The van der Waals surface area contributed by atoms with Gasteiger partial charge < -0.3 is 5.11 Å². The van der Waals surface area contributed by atoms with Gasteiger partial charge in [-0.25, -0.2) is 0 Å². The summed E-state index contributed by atoms with van der Waals surface area (Å²) in [7, 11) is 0. The summed E-state index contributed by atoms with van der Waals surface area (Å²) in [6.07, 6.45) is 1.34. The molecule has 0 aromatic rings. The van der Waals surface area contributed by atoms with Crippen LogP contribution in [0.25, 0.3) is 0 Å². The highest BCUT2D eigenvalue weighted by atomic mass is 16.4. The Labute approximate surface area is 78.1 Å². The molecule has 0 radical (unpaired) electrons. The van der Waals surface area contributed by atoms with Crippen LogP contribution < -0.4 is 0 Å². The normalized spacial score (nSPS) is 39.0. The zero-order valence-electron chi connectivity index (χ0n) is 8.33. The van der Waals surface area contributed by atoms with Crippen molar-refractivity contribution in [2.45, 2.75) is 33.6 Å². The quantitative estimate of drug-likeness (QED) is 0.710. The van der Waals surface area contributed by atoms with Gasteiger partial charge in [-0.3, -0.25) is 9.59 Å². The number of carboxylic acids is 1. The topological polar surface area (TPSA) is 54.4 Å². The Bertz CT molecular complexity index is 247. The van der Waals surface area contributed by atoms with Gasteiger partial charge in [0.2, 0.25) is 0 Å². The van der Waals surface area contributed by atoms with E-state index in [1.54, 1.807) is 13.8 Å². The summed E-state index contributed by atoms with van der Waals surface area (Å²) in [5.41, 5.74) is -0.698. The maximum absolute atomic E-state index is 11.2. The van der Waals surface area contributed by atoms with Crippen molar-refractivity contribution in [3.8, 4) is 0 Å². The summed E-state index contributed by atoms with van der Waals surface area (Å²) in [5.74, 6) is -0.746. The molecule has 0 saturated heterocycles. The predicted molar refractivity (Wildman–Crippen MR) is 48.3 cm³/mol. The largest absolute Gasteiger partial charge is 0.481 e. The van der Waals surface area contributed by atoms with Crippen LogP contribution >= 0.6 is 0 Å². The molecule has 0 aromatic carbocycles. The van der Waals surface area contributed by atoms with Crippen molar-refractivity contribution < 1.29 is 14.7 Å². The minimum atomic E-state index is -0.774. The van der Waals surface area contributed by atoms with Crippen LogP contribution in [0.3, 0.4) is 0 Å². The fraction of sp³-hybridized carbons (Fsp3) is 0.800. The Morgan fingerprint density at radius 3 is 2.23 bits per heavy atom. The first-order valence-electron chi connectivity index (χ1n) is 4.63. The summed E-state index contributed by atoms with van der Waals surface area (Å²) in [5, 5.41) is 9.03. The first-order valence-corrected chi connectivity index (χ1v) is 4.63. The molecule has 3 atom stereocenters. The number of rotatable bonds is 2. The molecule has 1 rings (SSSR count). The molecule has 74 valence electrons. The van der Waals surface area contributed by atoms with Crippen LogP contribution in [-0.4, -0.2) is 16.9 Å². The molecule has 0 aromatic heterocycles. The molecule has 13 heavy (non-hydrogen) atoms. The van der Waals surface area contributed by atoms with Crippen LogP contribution in [-0.2, 0) is 9.59 Å². The molecule has 0 unspecified atom stereocenters. The average Bonchev–Trinajstić information content (AvgIpc) is 2.30. The molecular formula is C10H16O3. The number of carboxylic acid groups (broad SMARTS) is 1.